The van der Waals surface area contributed by atoms with Crippen LogP contribution in [0.2, 0.25) is 0 Å². The highest BCUT2D eigenvalue weighted by Crippen LogP contribution is 2.16. The quantitative estimate of drug-likeness (QED) is 0.490. The lowest BCUT2D eigenvalue weighted by molar-refractivity contribution is 0.517. The van der Waals surface area contributed by atoms with Gasteiger partial charge < -0.3 is 5.43 Å². The van der Waals surface area contributed by atoms with Crippen LogP contribution in [0.4, 0.5) is 5.82 Å². The van der Waals surface area contributed by atoms with Crippen molar-refractivity contribution in [2.45, 2.75) is 23.8 Å². The number of nitrogen functional groups attached to an aromatic ring is 1. The number of nitrogens with one attached hydrogen (secondary N) is 2. The molecule has 1 atom stereocenters. The zero-order chi connectivity index (χ0) is 14.8. The smallest absolute Gasteiger partial charge is 0.242 e. The molecule has 2 heterocycles. The number of hydrogen-bond acceptors (Lipinski definition) is 7. The standard InChI is InChI=1S/C10H16N4O4S2/c11-13-10-4-3-9(6-12-10)20(17,18)14-8-2-1-5-19(15,16)7-8/h3-4,6,8,14H,1-2,5,7,11H2,(H,12,13). The van der Waals surface area contributed by atoms with Crippen molar-refractivity contribution >= 4 is 25.7 Å². The van der Waals surface area contributed by atoms with Gasteiger partial charge in [-0.1, -0.05) is 0 Å². The van der Waals surface area contributed by atoms with Crippen LogP contribution < -0.4 is 16.0 Å². The second-order valence-corrected chi connectivity index (χ2v) is 8.54. The maximum atomic E-state index is 12.1. The fraction of sp³-hybridized carbons (Fsp3) is 0.500. The van der Waals surface area contributed by atoms with E-state index in [2.05, 4.69) is 15.1 Å². The van der Waals surface area contributed by atoms with Crippen LogP contribution in [0.25, 0.3) is 0 Å². The Labute approximate surface area is 117 Å². The normalized spacial score (nSPS) is 22.4. The Kier molecular flexibility index (Phi) is 4.28. The fourth-order valence-electron chi connectivity index (χ4n) is 2.03. The minimum atomic E-state index is -3.78. The van der Waals surface area contributed by atoms with Crippen LogP contribution >= 0.6 is 0 Å². The zero-order valence-electron chi connectivity index (χ0n) is 10.6. The first-order valence-electron chi connectivity index (χ1n) is 5.98. The van der Waals surface area contributed by atoms with E-state index in [1.807, 2.05) is 0 Å². The Hall–Kier alpha value is -1.23. The van der Waals surface area contributed by atoms with Crippen molar-refractivity contribution in [1.82, 2.24) is 9.71 Å². The summed E-state index contributed by atoms with van der Waals surface area (Å²) in [7, 11) is -6.95. The molecular formula is C10H16N4O4S2. The average molecular weight is 320 g/mol. The first-order valence-corrected chi connectivity index (χ1v) is 9.28. The van der Waals surface area contributed by atoms with E-state index in [4.69, 9.17) is 5.84 Å². The van der Waals surface area contributed by atoms with Crippen LogP contribution in [-0.2, 0) is 19.9 Å². The Morgan fingerprint density at radius 3 is 2.65 bits per heavy atom. The Balaban J connectivity index is 2.14. The molecule has 20 heavy (non-hydrogen) atoms. The number of aromatic nitrogens is 1. The molecule has 1 fully saturated rings. The van der Waals surface area contributed by atoms with Crippen molar-refractivity contribution in [3.05, 3.63) is 18.3 Å². The molecule has 10 heteroatoms. The Morgan fingerprint density at radius 2 is 2.10 bits per heavy atom. The summed E-state index contributed by atoms with van der Waals surface area (Å²) < 4.78 is 49.6. The molecule has 8 nitrogen and oxygen atoms in total. The largest absolute Gasteiger partial charge is 0.308 e. The third kappa shape index (κ3) is 3.66. The number of sulfonamides is 1. The topological polar surface area (TPSA) is 131 Å². The SMILES string of the molecule is NNc1ccc(S(=O)(=O)NC2CCCS(=O)(=O)C2)cn1. The molecular weight excluding hydrogens is 304 g/mol. The summed E-state index contributed by atoms with van der Waals surface area (Å²) in [6.45, 7) is 0. The van der Waals surface area contributed by atoms with Crippen molar-refractivity contribution in [3.8, 4) is 0 Å². The van der Waals surface area contributed by atoms with E-state index in [9.17, 15) is 16.8 Å². The van der Waals surface area contributed by atoms with Crippen molar-refractivity contribution in [2.24, 2.45) is 5.84 Å². The summed E-state index contributed by atoms with van der Waals surface area (Å²) in [6, 6.07) is 2.18. The molecule has 1 unspecified atom stereocenters. The fourth-order valence-corrected chi connectivity index (χ4v) is 4.98. The average Bonchev–Trinajstić information content (AvgIpc) is 2.37. The van der Waals surface area contributed by atoms with Gasteiger partial charge in [0.25, 0.3) is 0 Å². The van der Waals surface area contributed by atoms with Crippen LogP contribution in [0.1, 0.15) is 12.8 Å². The van der Waals surface area contributed by atoms with Gasteiger partial charge >= 0.3 is 0 Å². The third-order valence-electron chi connectivity index (χ3n) is 2.98. The second-order valence-electron chi connectivity index (χ2n) is 4.60. The number of hydrogen-bond donors (Lipinski definition) is 3. The van der Waals surface area contributed by atoms with E-state index < -0.39 is 25.9 Å². The summed E-state index contributed by atoms with van der Waals surface area (Å²) in [5.74, 6) is 5.43. The molecule has 4 N–H and O–H groups in total. The van der Waals surface area contributed by atoms with Gasteiger partial charge in [0, 0.05) is 12.2 Å². The lowest BCUT2D eigenvalue weighted by Crippen LogP contribution is -2.43. The van der Waals surface area contributed by atoms with Crippen molar-refractivity contribution in [3.63, 3.8) is 0 Å². The van der Waals surface area contributed by atoms with Crippen LogP contribution in [-0.4, -0.2) is 39.4 Å². The monoisotopic (exact) mass is 320 g/mol. The van der Waals surface area contributed by atoms with E-state index in [0.29, 0.717) is 18.7 Å². The van der Waals surface area contributed by atoms with Gasteiger partial charge in [0.1, 0.15) is 10.7 Å². The van der Waals surface area contributed by atoms with Crippen molar-refractivity contribution in [1.29, 1.82) is 0 Å². The van der Waals surface area contributed by atoms with Gasteiger partial charge in [0.15, 0.2) is 9.84 Å². The van der Waals surface area contributed by atoms with Gasteiger partial charge in [-0.15, -0.1) is 0 Å². The molecule has 1 aromatic rings. The van der Waals surface area contributed by atoms with Gasteiger partial charge in [-0.3, -0.25) is 0 Å². The number of anilines is 1. The van der Waals surface area contributed by atoms with Crippen molar-refractivity contribution < 1.29 is 16.8 Å². The van der Waals surface area contributed by atoms with E-state index in [1.165, 1.54) is 12.1 Å². The maximum absolute atomic E-state index is 12.1. The molecule has 0 bridgehead atoms. The molecule has 0 saturated carbocycles. The lowest BCUT2D eigenvalue weighted by Gasteiger charge is -2.22. The molecule has 0 radical (unpaired) electrons. The van der Waals surface area contributed by atoms with Crippen LogP contribution in [0.15, 0.2) is 23.2 Å². The highest BCUT2D eigenvalue weighted by atomic mass is 32.2. The number of pyridine rings is 1. The molecule has 0 spiro atoms. The summed E-state index contributed by atoms with van der Waals surface area (Å²) in [5, 5.41) is 0. The van der Waals surface area contributed by atoms with Crippen LogP contribution in [0, 0.1) is 0 Å². The first kappa shape index (κ1) is 15.2. The van der Waals surface area contributed by atoms with Crippen LogP contribution in [0.5, 0.6) is 0 Å². The minimum Gasteiger partial charge on any atom is -0.308 e. The number of rotatable bonds is 4. The number of sulfone groups is 1. The number of hydrazine groups is 1. The van der Waals surface area contributed by atoms with Crippen molar-refractivity contribution in [2.75, 3.05) is 16.9 Å². The summed E-state index contributed by atoms with van der Waals surface area (Å²) in [4.78, 5) is 3.78. The molecule has 2 rings (SSSR count). The van der Waals surface area contributed by atoms with E-state index in [1.54, 1.807) is 0 Å². The molecule has 0 aromatic carbocycles. The molecule has 0 aliphatic carbocycles. The molecule has 1 aliphatic rings. The predicted octanol–water partition coefficient (Wildman–Crippen LogP) is -0.777. The zero-order valence-corrected chi connectivity index (χ0v) is 12.2. The number of nitrogens with zero attached hydrogens (tertiary/aromatic N) is 1. The maximum Gasteiger partial charge on any atom is 0.242 e. The van der Waals surface area contributed by atoms with Crippen LogP contribution in [0.3, 0.4) is 0 Å². The molecule has 1 aromatic heterocycles. The molecule has 1 aliphatic heterocycles. The highest BCUT2D eigenvalue weighted by molar-refractivity contribution is 7.91. The molecule has 112 valence electrons. The summed E-state index contributed by atoms with van der Waals surface area (Å²) in [5.41, 5.74) is 2.29. The first-order chi connectivity index (χ1) is 9.32. The summed E-state index contributed by atoms with van der Waals surface area (Å²) in [6.07, 6.45) is 2.13. The van der Waals surface area contributed by atoms with E-state index in [0.717, 1.165) is 6.20 Å². The van der Waals surface area contributed by atoms with Gasteiger partial charge in [-0.2, -0.15) is 0 Å². The van der Waals surface area contributed by atoms with E-state index in [-0.39, 0.29) is 16.4 Å². The molecule has 0 amide bonds. The van der Waals surface area contributed by atoms with E-state index >= 15 is 0 Å². The minimum absolute atomic E-state index is 0.0283. The third-order valence-corrected chi connectivity index (χ3v) is 6.31. The van der Waals surface area contributed by atoms with Gasteiger partial charge in [0.2, 0.25) is 10.0 Å². The lowest BCUT2D eigenvalue weighted by atomic mass is 10.2. The molecule has 1 saturated heterocycles. The van der Waals surface area contributed by atoms with Gasteiger partial charge in [-0.25, -0.2) is 32.4 Å². The van der Waals surface area contributed by atoms with Gasteiger partial charge in [-0.05, 0) is 25.0 Å². The summed E-state index contributed by atoms with van der Waals surface area (Å²) >= 11 is 0. The Morgan fingerprint density at radius 1 is 1.35 bits per heavy atom. The predicted molar refractivity (Wildman–Crippen MR) is 74.0 cm³/mol. The number of nitrogens with two attached hydrogens (primary N) is 1. The Bertz CT molecular complexity index is 670. The van der Waals surface area contributed by atoms with Gasteiger partial charge in [0.05, 0.1) is 11.5 Å². The second kappa shape index (κ2) is 5.64. The highest BCUT2D eigenvalue weighted by Gasteiger charge is 2.28.